The topological polar surface area (TPSA) is 57.4 Å². The molecule has 0 unspecified atom stereocenters. The highest BCUT2D eigenvalue weighted by Crippen LogP contribution is 2.44. The second-order valence-corrected chi connectivity index (χ2v) is 19.3. The Morgan fingerprint density at radius 1 is 0.268 bits per heavy atom. The molecule has 0 N–H and O–H groups in total. The predicted octanol–water partition coefficient (Wildman–Crippen LogP) is 17.5. The molecule has 0 saturated carbocycles. The van der Waals surface area contributed by atoms with Crippen LogP contribution in [0.2, 0.25) is 0 Å². The van der Waals surface area contributed by atoms with Crippen LogP contribution in [0.15, 0.2) is 200 Å². The minimum Gasteiger partial charge on any atom is -0.308 e. The molecule has 4 heteroatoms. The maximum absolute atomic E-state index is 12.0. The number of aromatic nitrogens is 2. The molecule has 0 aliphatic carbocycles. The molecular formula is C67H48N4. The number of fused-ring (bicyclic) bond motifs is 6. The van der Waals surface area contributed by atoms with Gasteiger partial charge in [0.1, 0.15) is 11.6 Å². The van der Waals surface area contributed by atoms with Crippen LogP contribution in [-0.2, 0) is 0 Å². The fourth-order valence-corrected chi connectivity index (χ4v) is 10.5. The van der Waals surface area contributed by atoms with E-state index in [9.17, 15) is 10.5 Å². The molecule has 2 heterocycles. The molecule has 2 aromatic heterocycles. The first kappa shape index (κ1) is 43.1. The first-order valence-corrected chi connectivity index (χ1v) is 24.2. The van der Waals surface area contributed by atoms with E-state index in [1.54, 1.807) is 0 Å². The first-order valence-electron chi connectivity index (χ1n) is 24.2. The monoisotopic (exact) mass is 908 g/mol. The van der Waals surface area contributed by atoms with Crippen LogP contribution >= 0.6 is 0 Å². The summed E-state index contributed by atoms with van der Waals surface area (Å²) in [6, 6.07) is 77.2. The van der Waals surface area contributed by atoms with Gasteiger partial charge in [0.2, 0.25) is 0 Å². The van der Waals surface area contributed by atoms with Crippen molar-refractivity contribution in [2.75, 3.05) is 0 Å². The van der Waals surface area contributed by atoms with Gasteiger partial charge < -0.3 is 9.13 Å². The quantitative estimate of drug-likeness (QED) is 0.160. The zero-order chi connectivity index (χ0) is 48.5. The van der Waals surface area contributed by atoms with E-state index in [1.165, 1.54) is 22.3 Å². The van der Waals surface area contributed by atoms with Crippen molar-refractivity contribution in [3.05, 3.63) is 239 Å². The molecular weight excluding hydrogens is 861 g/mol. The van der Waals surface area contributed by atoms with E-state index >= 15 is 0 Å². The van der Waals surface area contributed by atoms with Crippen LogP contribution in [0, 0.1) is 57.3 Å². The molecule has 0 radical (unpaired) electrons. The van der Waals surface area contributed by atoms with Crippen LogP contribution in [0.3, 0.4) is 0 Å². The lowest BCUT2D eigenvalue weighted by Crippen LogP contribution is -2.05. The van der Waals surface area contributed by atoms with Crippen LogP contribution in [-0.4, -0.2) is 9.13 Å². The Morgan fingerprint density at radius 2 is 0.563 bits per heavy atom. The summed E-state index contributed by atoms with van der Waals surface area (Å²) in [5, 5.41) is 26.7. The molecule has 0 aliphatic rings. The number of aryl methyl sites for hydroxylation is 5. The van der Waals surface area contributed by atoms with Gasteiger partial charge in [-0.1, -0.05) is 174 Å². The van der Waals surface area contributed by atoms with Gasteiger partial charge in [-0.2, -0.15) is 10.5 Å². The summed E-state index contributed by atoms with van der Waals surface area (Å²) in [6.45, 7) is 10.5. The maximum atomic E-state index is 12.0. The molecule has 71 heavy (non-hydrogen) atoms. The highest BCUT2D eigenvalue weighted by Gasteiger charge is 2.24. The van der Waals surface area contributed by atoms with Crippen molar-refractivity contribution in [3.63, 3.8) is 0 Å². The van der Waals surface area contributed by atoms with Crippen molar-refractivity contribution in [3.8, 4) is 79.1 Å². The molecule has 0 spiro atoms. The van der Waals surface area contributed by atoms with E-state index in [-0.39, 0.29) is 0 Å². The molecule has 0 saturated heterocycles. The molecule has 12 rings (SSSR count). The number of benzene rings is 10. The minimum atomic E-state index is 0.530. The zero-order valence-electron chi connectivity index (χ0n) is 40.3. The van der Waals surface area contributed by atoms with Gasteiger partial charge in [-0.15, -0.1) is 0 Å². The SMILES string of the molecule is Cc1ccc(-c2ccc3c4ccc(-c5ccc(C)cc5)cc4n(-c4cc(-c5cc(C)cc(C#N)c5)cc(-n5c6cc(-c7ccc(C)cc7)ccc6c6ccc(-c7ccc(C)cc7)cc65)c4C#N)c3c2)cc1. The molecule has 4 nitrogen and oxygen atoms in total. The maximum Gasteiger partial charge on any atom is 0.104 e. The Morgan fingerprint density at radius 3 is 0.859 bits per heavy atom. The van der Waals surface area contributed by atoms with Gasteiger partial charge >= 0.3 is 0 Å². The third-order valence-electron chi connectivity index (χ3n) is 14.3. The average Bonchev–Trinajstić information content (AvgIpc) is 3.90. The summed E-state index contributed by atoms with van der Waals surface area (Å²) in [4.78, 5) is 0. The third-order valence-corrected chi connectivity index (χ3v) is 14.3. The lowest BCUT2D eigenvalue weighted by molar-refractivity contribution is 1.12. The second-order valence-electron chi connectivity index (χ2n) is 19.3. The first-order chi connectivity index (χ1) is 34.6. The van der Waals surface area contributed by atoms with Crippen LogP contribution < -0.4 is 0 Å². The molecule has 0 fully saturated rings. The van der Waals surface area contributed by atoms with Crippen molar-refractivity contribution < 1.29 is 0 Å². The van der Waals surface area contributed by atoms with Crippen molar-refractivity contribution in [1.82, 2.24) is 9.13 Å². The van der Waals surface area contributed by atoms with E-state index in [2.05, 4.69) is 237 Å². The number of hydrogen-bond acceptors (Lipinski definition) is 2. The number of hydrogen-bond donors (Lipinski definition) is 0. The Kier molecular flexibility index (Phi) is 10.4. The average molecular weight is 909 g/mol. The molecule has 10 aromatic carbocycles. The number of nitriles is 2. The number of nitrogens with zero attached hydrogens (tertiary/aromatic N) is 4. The summed E-state index contributed by atoms with van der Waals surface area (Å²) >= 11 is 0. The Bertz CT molecular complexity index is 3750. The zero-order valence-corrected chi connectivity index (χ0v) is 40.3. The second kappa shape index (κ2) is 17.1. The van der Waals surface area contributed by atoms with E-state index < -0.39 is 0 Å². The van der Waals surface area contributed by atoms with Crippen molar-refractivity contribution in [2.24, 2.45) is 0 Å². The summed E-state index contributed by atoms with van der Waals surface area (Å²) < 4.78 is 4.63. The van der Waals surface area contributed by atoms with Crippen molar-refractivity contribution >= 4 is 43.6 Å². The minimum absolute atomic E-state index is 0.530. The van der Waals surface area contributed by atoms with Gasteiger partial charge in [0.25, 0.3) is 0 Å². The smallest absolute Gasteiger partial charge is 0.104 e. The lowest BCUT2D eigenvalue weighted by Gasteiger charge is -2.19. The fraction of sp³-hybridized carbons (Fsp3) is 0.0746. The Labute approximate surface area is 414 Å². The molecule has 0 bridgehead atoms. The fourth-order valence-electron chi connectivity index (χ4n) is 10.5. The van der Waals surface area contributed by atoms with Gasteiger partial charge in [-0.3, -0.25) is 0 Å². The van der Waals surface area contributed by atoms with Crippen molar-refractivity contribution in [2.45, 2.75) is 34.6 Å². The summed E-state index contributed by atoms with van der Waals surface area (Å²) in [7, 11) is 0. The van der Waals surface area contributed by atoms with E-state index in [4.69, 9.17) is 0 Å². The molecule has 12 aromatic rings. The molecule has 0 amide bonds. The summed E-state index contributed by atoms with van der Waals surface area (Å²) in [5.41, 5.74) is 23.0. The summed E-state index contributed by atoms with van der Waals surface area (Å²) in [5.74, 6) is 0. The van der Waals surface area contributed by atoms with Crippen molar-refractivity contribution in [1.29, 1.82) is 10.5 Å². The van der Waals surface area contributed by atoms with Crippen LogP contribution in [0.1, 0.15) is 38.9 Å². The van der Waals surface area contributed by atoms with E-state index in [0.29, 0.717) is 11.1 Å². The Hall–Kier alpha value is -9.22. The van der Waals surface area contributed by atoms with Gasteiger partial charge in [-0.05, 0) is 144 Å². The largest absolute Gasteiger partial charge is 0.308 e. The van der Waals surface area contributed by atoms with Gasteiger partial charge in [0.15, 0.2) is 0 Å². The van der Waals surface area contributed by atoms with E-state index in [0.717, 1.165) is 116 Å². The van der Waals surface area contributed by atoms with Crippen LogP contribution in [0.4, 0.5) is 0 Å². The van der Waals surface area contributed by atoms with Gasteiger partial charge in [0.05, 0.1) is 45.1 Å². The molecule has 0 aliphatic heterocycles. The molecule has 336 valence electrons. The van der Waals surface area contributed by atoms with Crippen LogP contribution in [0.5, 0.6) is 0 Å². The lowest BCUT2D eigenvalue weighted by atomic mass is 9.97. The highest BCUT2D eigenvalue weighted by molar-refractivity contribution is 6.13. The predicted molar refractivity (Wildman–Crippen MR) is 295 cm³/mol. The number of rotatable bonds is 7. The highest BCUT2D eigenvalue weighted by atomic mass is 15.0. The summed E-state index contributed by atoms with van der Waals surface area (Å²) in [6.07, 6.45) is 0. The van der Waals surface area contributed by atoms with Crippen LogP contribution in [0.25, 0.3) is 111 Å². The molecule has 0 atom stereocenters. The third kappa shape index (κ3) is 7.55. The Balaban J connectivity index is 1.23. The normalized spacial score (nSPS) is 11.4. The standard InChI is InChI=1S/C67H48N4/c1-41-6-14-47(15-7-41)51-22-26-57-58-27-23-52(48-16-8-42(2)9-17-48)34-63(58)70(62(57)33-51)66-37-56(55-31-45(5)30-46(32-55)39-68)38-67(61(66)40-69)71-64-35-53(49-18-10-43(3)11-19-49)24-28-59(64)60-29-25-54(36-65(60)71)50-20-12-44(4)13-21-50/h6-38H,1-5H3. The van der Waals surface area contributed by atoms with Gasteiger partial charge in [-0.25, -0.2) is 0 Å². The van der Waals surface area contributed by atoms with Gasteiger partial charge in [0, 0.05) is 21.5 Å². The van der Waals surface area contributed by atoms with E-state index in [1.807, 2.05) is 19.1 Å².